The number of nitrogens with zero attached hydrogens (tertiary/aromatic N) is 3. The van der Waals surface area contributed by atoms with Gasteiger partial charge in [0.25, 0.3) is 0 Å². The molecule has 1 amide bonds. The molecule has 0 aliphatic heterocycles. The van der Waals surface area contributed by atoms with Gasteiger partial charge in [0.15, 0.2) is 0 Å². The normalized spacial score (nSPS) is 15.1. The van der Waals surface area contributed by atoms with Gasteiger partial charge in [-0.25, -0.2) is 0 Å². The Morgan fingerprint density at radius 3 is 2.77 bits per heavy atom. The molecule has 1 saturated carbocycles. The summed E-state index contributed by atoms with van der Waals surface area (Å²) >= 11 is 0. The van der Waals surface area contributed by atoms with Crippen LogP contribution in [0.15, 0.2) is 30.7 Å². The van der Waals surface area contributed by atoms with Crippen LogP contribution in [-0.2, 0) is 18.4 Å². The van der Waals surface area contributed by atoms with Gasteiger partial charge in [0.1, 0.15) is 0 Å². The fraction of sp³-hybridized carbons (Fsp3) is 0.471. The summed E-state index contributed by atoms with van der Waals surface area (Å²) in [5.41, 5.74) is 2.92. The van der Waals surface area contributed by atoms with Crippen LogP contribution in [0.2, 0.25) is 0 Å². The van der Waals surface area contributed by atoms with E-state index in [9.17, 15) is 4.79 Å². The Kier molecular flexibility index (Phi) is 4.51. The maximum atomic E-state index is 11.9. The Morgan fingerprint density at radius 1 is 1.32 bits per heavy atom. The van der Waals surface area contributed by atoms with E-state index in [2.05, 4.69) is 15.4 Å². The fourth-order valence-electron chi connectivity index (χ4n) is 3.00. The quantitative estimate of drug-likeness (QED) is 0.923. The number of nitrogens with one attached hydrogen (secondary N) is 1. The number of pyridine rings is 1. The van der Waals surface area contributed by atoms with Crippen LogP contribution in [0.25, 0.3) is 11.3 Å². The van der Waals surface area contributed by atoms with Crippen LogP contribution in [-0.4, -0.2) is 20.7 Å². The summed E-state index contributed by atoms with van der Waals surface area (Å²) < 4.78 is 1.76. The third-order valence-corrected chi connectivity index (χ3v) is 4.26. The molecule has 2 aromatic rings. The minimum Gasteiger partial charge on any atom is -0.352 e. The average molecular weight is 298 g/mol. The monoisotopic (exact) mass is 298 g/mol. The van der Waals surface area contributed by atoms with Crippen LogP contribution in [0.3, 0.4) is 0 Å². The van der Waals surface area contributed by atoms with Crippen LogP contribution >= 0.6 is 0 Å². The van der Waals surface area contributed by atoms with Crippen molar-refractivity contribution in [2.24, 2.45) is 13.0 Å². The molecule has 0 saturated heterocycles. The number of amides is 1. The van der Waals surface area contributed by atoms with Crippen LogP contribution in [0, 0.1) is 5.92 Å². The van der Waals surface area contributed by atoms with E-state index >= 15 is 0 Å². The SMILES string of the molecule is Cn1cc(-c2ccc(CNC(=O)CC3CCCC3)cn2)cn1. The first kappa shape index (κ1) is 14.8. The number of aryl methyl sites for hydroxylation is 1. The predicted octanol–water partition coefficient (Wildman–Crippen LogP) is 2.68. The Labute approximate surface area is 130 Å². The highest BCUT2D eigenvalue weighted by Crippen LogP contribution is 2.27. The van der Waals surface area contributed by atoms with Gasteiger partial charge >= 0.3 is 0 Å². The first-order chi connectivity index (χ1) is 10.7. The average Bonchev–Trinajstić information content (AvgIpc) is 3.17. The highest BCUT2D eigenvalue weighted by molar-refractivity contribution is 5.76. The molecule has 1 aliphatic rings. The van der Waals surface area contributed by atoms with Crippen molar-refractivity contribution >= 4 is 5.91 Å². The Morgan fingerprint density at radius 2 is 2.14 bits per heavy atom. The molecule has 0 unspecified atom stereocenters. The van der Waals surface area contributed by atoms with Crippen LogP contribution in [0.4, 0.5) is 0 Å². The van der Waals surface area contributed by atoms with E-state index in [1.807, 2.05) is 31.6 Å². The third-order valence-electron chi connectivity index (χ3n) is 4.26. The van der Waals surface area contributed by atoms with Gasteiger partial charge in [-0.3, -0.25) is 14.5 Å². The molecule has 116 valence electrons. The lowest BCUT2D eigenvalue weighted by Gasteiger charge is -2.09. The highest BCUT2D eigenvalue weighted by Gasteiger charge is 2.18. The van der Waals surface area contributed by atoms with Crippen molar-refractivity contribution in [3.05, 3.63) is 36.3 Å². The Balaban J connectivity index is 1.51. The lowest BCUT2D eigenvalue weighted by atomic mass is 10.0. The summed E-state index contributed by atoms with van der Waals surface area (Å²) in [4.78, 5) is 16.4. The number of carbonyl (C=O) groups excluding carboxylic acids is 1. The van der Waals surface area contributed by atoms with E-state index in [-0.39, 0.29) is 5.91 Å². The molecular formula is C17H22N4O. The van der Waals surface area contributed by atoms with Crippen molar-refractivity contribution in [3.63, 3.8) is 0 Å². The summed E-state index contributed by atoms with van der Waals surface area (Å²) in [7, 11) is 1.89. The summed E-state index contributed by atoms with van der Waals surface area (Å²) in [5, 5.41) is 7.14. The molecule has 1 fully saturated rings. The van der Waals surface area contributed by atoms with Crippen LogP contribution in [0.5, 0.6) is 0 Å². The summed E-state index contributed by atoms with van der Waals surface area (Å²) in [6, 6.07) is 3.97. The van der Waals surface area contributed by atoms with Crippen molar-refractivity contribution in [1.82, 2.24) is 20.1 Å². The van der Waals surface area contributed by atoms with Crippen molar-refractivity contribution in [2.45, 2.75) is 38.6 Å². The lowest BCUT2D eigenvalue weighted by Crippen LogP contribution is -2.24. The van der Waals surface area contributed by atoms with Crippen LogP contribution in [0.1, 0.15) is 37.7 Å². The molecule has 2 heterocycles. The van der Waals surface area contributed by atoms with Crippen molar-refractivity contribution < 1.29 is 4.79 Å². The van der Waals surface area contributed by atoms with E-state index < -0.39 is 0 Å². The first-order valence-corrected chi connectivity index (χ1v) is 7.91. The standard InChI is InChI=1S/C17H22N4O/c1-21-12-15(11-20-21)16-7-6-14(9-18-16)10-19-17(22)8-13-4-2-3-5-13/h6-7,9,11-13H,2-5,8,10H2,1H3,(H,19,22). The van der Waals surface area contributed by atoms with E-state index in [0.717, 1.165) is 16.8 Å². The zero-order valence-corrected chi connectivity index (χ0v) is 13.0. The molecule has 5 nitrogen and oxygen atoms in total. The molecule has 0 aromatic carbocycles. The topological polar surface area (TPSA) is 59.8 Å². The number of hydrogen-bond acceptors (Lipinski definition) is 3. The molecule has 1 aliphatic carbocycles. The van der Waals surface area contributed by atoms with E-state index in [0.29, 0.717) is 18.9 Å². The van der Waals surface area contributed by atoms with Crippen molar-refractivity contribution in [1.29, 1.82) is 0 Å². The maximum absolute atomic E-state index is 11.9. The molecule has 5 heteroatoms. The largest absolute Gasteiger partial charge is 0.352 e. The van der Waals surface area contributed by atoms with Gasteiger partial charge in [0, 0.05) is 38.0 Å². The van der Waals surface area contributed by atoms with Gasteiger partial charge in [-0.2, -0.15) is 5.10 Å². The molecule has 0 radical (unpaired) electrons. The molecule has 0 spiro atoms. The summed E-state index contributed by atoms with van der Waals surface area (Å²) in [5.74, 6) is 0.745. The van der Waals surface area contributed by atoms with E-state index in [1.54, 1.807) is 10.9 Å². The summed E-state index contributed by atoms with van der Waals surface area (Å²) in [6.45, 7) is 0.547. The van der Waals surface area contributed by atoms with Gasteiger partial charge in [0.2, 0.25) is 5.91 Å². The van der Waals surface area contributed by atoms with Gasteiger partial charge in [-0.15, -0.1) is 0 Å². The number of rotatable bonds is 5. The zero-order valence-electron chi connectivity index (χ0n) is 13.0. The number of carbonyl (C=O) groups is 1. The minimum atomic E-state index is 0.156. The minimum absolute atomic E-state index is 0.156. The third kappa shape index (κ3) is 3.72. The second-order valence-corrected chi connectivity index (χ2v) is 6.09. The van der Waals surface area contributed by atoms with Crippen molar-refractivity contribution in [3.8, 4) is 11.3 Å². The summed E-state index contributed by atoms with van der Waals surface area (Å²) in [6.07, 6.45) is 11.2. The molecular weight excluding hydrogens is 276 g/mol. The molecule has 1 N–H and O–H groups in total. The van der Waals surface area contributed by atoms with E-state index in [1.165, 1.54) is 25.7 Å². The van der Waals surface area contributed by atoms with Crippen LogP contribution < -0.4 is 5.32 Å². The number of hydrogen-bond donors (Lipinski definition) is 1. The smallest absolute Gasteiger partial charge is 0.220 e. The molecule has 0 bridgehead atoms. The second-order valence-electron chi connectivity index (χ2n) is 6.09. The molecule has 2 aromatic heterocycles. The predicted molar refractivity (Wildman–Crippen MR) is 84.9 cm³/mol. The van der Waals surface area contributed by atoms with Gasteiger partial charge in [0.05, 0.1) is 11.9 Å². The van der Waals surface area contributed by atoms with Gasteiger partial charge in [-0.1, -0.05) is 18.9 Å². The fourth-order valence-corrected chi connectivity index (χ4v) is 3.00. The second kappa shape index (κ2) is 6.73. The molecule has 0 atom stereocenters. The lowest BCUT2D eigenvalue weighted by molar-refractivity contribution is -0.122. The highest BCUT2D eigenvalue weighted by atomic mass is 16.1. The van der Waals surface area contributed by atoms with Crippen molar-refractivity contribution in [2.75, 3.05) is 0 Å². The maximum Gasteiger partial charge on any atom is 0.220 e. The molecule has 22 heavy (non-hydrogen) atoms. The zero-order chi connectivity index (χ0) is 15.4. The van der Waals surface area contributed by atoms with E-state index in [4.69, 9.17) is 0 Å². The first-order valence-electron chi connectivity index (χ1n) is 7.91. The van der Waals surface area contributed by atoms with Gasteiger partial charge < -0.3 is 5.32 Å². The molecule has 3 rings (SSSR count). The van der Waals surface area contributed by atoms with Gasteiger partial charge in [-0.05, 0) is 30.4 Å². The number of aromatic nitrogens is 3. The Hall–Kier alpha value is -2.17. The Bertz CT molecular complexity index is 626.